The molecule has 25 heavy (non-hydrogen) atoms. The van der Waals surface area contributed by atoms with Crippen molar-refractivity contribution in [2.24, 2.45) is 11.7 Å². The van der Waals surface area contributed by atoms with Crippen LogP contribution in [0.25, 0.3) is 6.08 Å². The number of unbranched alkanes of at least 4 members (excludes halogenated alkanes) is 1. The van der Waals surface area contributed by atoms with Gasteiger partial charge in [-0.3, -0.25) is 9.59 Å². The fourth-order valence-electron chi connectivity index (χ4n) is 2.62. The van der Waals surface area contributed by atoms with E-state index >= 15 is 0 Å². The molecule has 2 N–H and O–H groups in total. The summed E-state index contributed by atoms with van der Waals surface area (Å²) in [6, 6.07) is 7.32. The molecular weight excluding hydrogens is 310 g/mol. The van der Waals surface area contributed by atoms with Crippen molar-refractivity contribution in [3.63, 3.8) is 0 Å². The minimum atomic E-state index is -0.0459. The van der Waals surface area contributed by atoms with Crippen molar-refractivity contribution in [2.45, 2.75) is 39.0 Å². The highest BCUT2D eigenvalue weighted by Gasteiger charge is 2.15. The Kier molecular flexibility index (Phi) is 9.41. The lowest BCUT2D eigenvalue weighted by molar-refractivity contribution is -0.122. The molecule has 1 rings (SSSR count). The number of hydrogen-bond acceptors (Lipinski definition) is 3. The lowest BCUT2D eigenvalue weighted by Gasteiger charge is -2.12. The first-order valence-corrected chi connectivity index (χ1v) is 8.80. The number of hydrogen-bond donors (Lipinski definition) is 1. The molecule has 134 valence electrons. The maximum atomic E-state index is 12.4. The molecule has 3 nitrogen and oxygen atoms in total. The van der Waals surface area contributed by atoms with Crippen LogP contribution >= 0.6 is 0 Å². The third-order valence-corrected chi connectivity index (χ3v) is 4.10. The zero-order valence-corrected chi connectivity index (χ0v) is 15.2. The third kappa shape index (κ3) is 7.44. The summed E-state index contributed by atoms with van der Waals surface area (Å²) in [4.78, 5) is 24.2. The van der Waals surface area contributed by atoms with Crippen LogP contribution < -0.4 is 5.73 Å². The molecule has 0 heterocycles. The van der Waals surface area contributed by atoms with Crippen molar-refractivity contribution in [2.75, 3.05) is 6.54 Å². The monoisotopic (exact) mass is 339 g/mol. The van der Waals surface area contributed by atoms with E-state index < -0.39 is 0 Å². The smallest absolute Gasteiger partial charge is 0.188 e. The second-order valence-electron chi connectivity index (χ2n) is 6.31. The molecule has 0 spiro atoms. The molecule has 0 radical (unpaired) electrons. The third-order valence-electron chi connectivity index (χ3n) is 4.10. The number of allylic oxidation sites excluding steroid dienone is 3. The Morgan fingerprint density at radius 2 is 1.88 bits per heavy atom. The van der Waals surface area contributed by atoms with Crippen LogP contribution in [-0.4, -0.2) is 18.1 Å². The number of carbonyl (C=O) groups is 2. The summed E-state index contributed by atoms with van der Waals surface area (Å²) in [6.45, 7) is 9.78. The van der Waals surface area contributed by atoms with Gasteiger partial charge in [-0.15, -0.1) is 6.58 Å². The zero-order chi connectivity index (χ0) is 18.7. The van der Waals surface area contributed by atoms with Crippen LogP contribution in [0.5, 0.6) is 0 Å². The predicted molar refractivity (Wildman–Crippen MR) is 105 cm³/mol. The molecule has 0 unspecified atom stereocenters. The number of rotatable bonds is 12. The summed E-state index contributed by atoms with van der Waals surface area (Å²) in [6.07, 6.45) is 9.53. The molecule has 0 fully saturated rings. The Morgan fingerprint density at radius 1 is 1.20 bits per heavy atom. The zero-order valence-electron chi connectivity index (χ0n) is 15.2. The van der Waals surface area contributed by atoms with Crippen LogP contribution in [-0.2, 0) is 4.79 Å². The van der Waals surface area contributed by atoms with Crippen molar-refractivity contribution in [1.82, 2.24) is 0 Å². The highest BCUT2D eigenvalue weighted by molar-refractivity contribution is 6.07. The molecule has 0 aromatic heterocycles. The molecule has 0 aliphatic rings. The molecule has 0 aliphatic heterocycles. The van der Waals surface area contributed by atoms with E-state index in [0.29, 0.717) is 24.1 Å². The number of carbonyl (C=O) groups excluding carboxylic acids is 2. The van der Waals surface area contributed by atoms with E-state index in [0.717, 1.165) is 31.2 Å². The van der Waals surface area contributed by atoms with Gasteiger partial charge in [0.1, 0.15) is 5.78 Å². The molecule has 0 amide bonds. The SMILES string of the molecule is C=CC[C@@H](CCCCN)C(=O)C/C=C/c1ccc(C(=O)C(=C)C)cc1. The molecule has 0 saturated heterocycles. The van der Waals surface area contributed by atoms with Gasteiger partial charge in [0.05, 0.1) is 0 Å². The predicted octanol–water partition coefficient (Wildman–Crippen LogP) is 4.74. The van der Waals surface area contributed by atoms with Crippen molar-refractivity contribution < 1.29 is 9.59 Å². The Balaban J connectivity index is 2.59. The van der Waals surface area contributed by atoms with Gasteiger partial charge in [-0.2, -0.15) is 0 Å². The summed E-state index contributed by atoms with van der Waals surface area (Å²) < 4.78 is 0. The molecule has 0 aliphatic carbocycles. The normalized spacial score (nSPS) is 12.1. The van der Waals surface area contributed by atoms with E-state index in [4.69, 9.17) is 5.73 Å². The summed E-state index contributed by atoms with van der Waals surface area (Å²) in [5.41, 5.74) is 7.64. The van der Waals surface area contributed by atoms with E-state index in [2.05, 4.69) is 13.2 Å². The maximum absolute atomic E-state index is 12.4. The van der Waals surface area contributed by atoms with Gasteiger partial charge in [-0.05, 0) is 43.9 Å². The van der Waals surface area contributed by atoms with Gasteiger partial charge in [0.15, 0.2) is 5.78 Å². The molecule has 1 atom stereocenters. The molecule has 1 aromatic rings. The first-order valence-electron chi connectivity index (χ1n) is 8.80. The molecule has 1 aromatic carbocycles. The standard InChI is InChI=1S/C22H29NO2/c1-4-8-19(10-5-6-16-23)21(24)11-7-9-18-12-14-20(15-13-18)22(25)17(2)3/h4,7,9,12-15,19H,1-2,5-6,8,10-11,16,23H2,3H3/b9-7+/t19-/m0/s1. The first kappa shape index (κ1) is 20.8. The average molecular weight is 339 g/mol. The van der Waals surface area contributed by atoms with E-state index in [9.17, 15) is 9.59 Å². The van der Waals surface area contributed by atoms with Crippen LogP contribution in [0.1, 0.15) is 54.9 Å². The molecular formula is C22H29NO2. The Hall–Kier alpha value is -2.26. The van der Waals surface area contributed by atoms with Gasteiger partial charge in [0.25, 0.3) is 0 Å². The fourth-order valence-corrected chi connectivity index (χ4v) is 2.62. The summed E-state index contributed by atoms with van der Waals surface area (Å²) in [5.74, 6) is 0.224. The lowest BCUT2D eigenvalue weighted by atomic mass is 9.92. The summed E-state index contributed by atoms with van der Waals surface area (Å²) in [5, 5.41) is 0. The van der Waals surface area contributed by atoms with Crippen LogP contribution in [0.15, 0.2) is 55.1 Å². The minimum absolute atomic E-state index is 0.0317. The van der Waals surface area contributed by atoms with Crippen LogP contribution in [0.2, 0.25) is 0 Å². The quantitative estimate of drug-likeness (QED) is 0.259. The van der Waals surface area contributed by atoms with Gasteiger partial charge in [-0.1, -0.05) is 55.5 Å². The molecule has 0 saturated carbocycles. The van der Waals surface area contributed by atoms with Crippen molar-refractivity contribution >= 4 is 17.6 Å². The Bertz CT molecular complexity index is 626. The minimum Gasteiger partial charge on any atom is -0.330 e. The number of benzene rings is 1. The van der Waals surface area contributed by atoms with Crippen LogP contribution in [0.3, 0.4) is 0 Å². The van der Waals surface area contributed by atoms with Crippen LogP contribution in [0.4, 0.5) is 0 Å². The fraction of sp³-hybridized carbons (Fsp3) is 0.364. The van der Waals surface area contributed by atoms with E-state index in [1.165, 1.54) is 0 Å². The highest BCUT2D eigenvalue weighted by Crippen LogP contribution is 2.17. The van der Waals surface area contributed by atoms with Crippen LogP contribution in [0, 0.1) is 5.92 Å². The van der Waals surface area contributed by atoms with E-state index in [1.54, 1.807) is 19.1 Å². The largest absolute Gasteiger partial charge is 0.330 e. The van der Waals surface area contributed by atoms with Gasteiger partial charge in [0, 0.05) is 17.9 Å². The second kappa shape index (κ2) is 11.3. The molecule has 3 heteroatoms. The number of Topliss-reactive ketones (excluding diaryl/α,β-unsaturated/α-hetero) is 2. The first-order chi connectivity index (χ1) is 12.0. The number of nitrogens with two attached hydrogens (primary N) is 1. The van der Waals surface area contributed by atoms with E-state index in [1.807, 2.05) is 30.4 Å². The summed E-state index contributed by atoms with van der Waals surface area (Å²) in [7, 11) is 0. The van der Waals surface area contributed by atoms with Crippen molar-refractivity contribution in [1.29, 1.82) is 0 Å². The average Bonchev–Trinajstić information content (AvgIpc) is 2.61. The maximum Gasteiger partial charge on any atom is 0.188 e. The highest BCUT2D eigenvalue weighted by atomic mass is 16.1. The Morgan fingerprint density at radius 3 is 2.44 bits per heavy atom. The van der Waals surface area contributed by atoms with Gasteiger partial charge in [0.2, 0.25) is 0 Å². The topological polar surface area (TPSA) is 60.2 Å². The lowest BCUT2D eigenvalue weighted by Crippen LogP contribution is -2.13. The number of ketones is 2. The molecule has 0 bridgehead atoms. The summed E-state index contributed by atoms with van der Waals surface area (Å²) >= 11 is 0. The van der Waals surface area contributed by atoms with Gasteiger partial charge in [-0.25, -0.2) is 0 Å². The van der Waals surface area contributed by atoms with Crippen molar-refractivity contribution in [3.05, 3.63) is 66.3 Å². The van der Waals surface area contributed by atoms with Gasteiger partial charge < -0.3 is 5.73 Å². The second-order valence-corrected chi connectivity index (χ2v) is 6.31. The van der Waals surface area contributed by atoms with Gasteiger partial charge >= 0.3 is 0 Å². The van der Waals surface area contributed by atoms with E-state index in [-0.39, 0.29) is 17.5 Å². The Labute approximate surface area is 151 Å². The van der Waals surface area contributed by atoms with Crippen molar-refractivity contribution in [3.8, 4) is 0 Å².